The normalized spacial score (nSPS) is 11.2. The second-order valence-electron chi connectivity index (χ2n) is 4.49. The number of nitrogens with one attached hydrogen (secondary N) is 1. The van der Waals surface area contributed by atoms with E-state index in [0.29, 0.717) is 12.1 Å². The Bertz CT molecular complexity index is 567. The third-order valence-electron chi connectivity index (χ3n) is 3.05. The van der Waals surface area contributed by atoms with Gasteiger partial charge in [-0.2, -0.15) is 0 Å². The molecule has 0 saturated heterocycles. The van der Waals surface area contributed by atoms with Crippen LogP contribution in [-0.2, 0) is 6.42 Å². The summed E-state index contributed by atoms with van der Waals surface area (Å²) in [6, 6.07) is 7.29. The van der Waals surface area contributed by atoms with Gasteiger partial charge in [-0.25, -0.2) is 13.8 Å². The van der Waals surface area contributed by atoms with Crippen LogP contribution in [0.1, 0.15) is 38.0 Å². The molecule has 0 amide bonds. The van der Waals surface area contributed by atoms with Gasteiger partial charge in [0, 0.05) is 17.6 Å². The highest BCUT2D eigenvalue weighted by molar-refractivity contribution is 5.93. The van der Waals surface area contributed by atoms with Crippen LogP contribution in [0, 0.1) is 0 Å². The second kappa shape index (κ2) is 5.95. The van der Waals surface area contributed by atoms with Crippen LogP contribution in [0.5, 0.6) is 0 Å². The van der Waals surface area contributed by atoms with Crippen molar-refractivity contribution in [2.24, 2.45) is 0 Å². The molecule has 2 nitrogen and oxygen atoms in total. The van der Waals surface area contributed by atoms with Gasteiger partial charge < -0.3 is 5.32 Å². The van der Waals surface area contributed by atoms with Crippen molar-refractivity contribution in [2.75, 3.05) is 11.9 Å². The van der Waals surface area contributed by atoms with Crippen LogP contribution in [0.3, 0.4) is 0 Å². The van der Waals surface area contributed by atoms with Gasteiger partial charge >= 0.3 is 0 Å². The number of aromatic nitrogens is 1. The van der Waals surface area contributed by atoms with Crippen molar-refractivity contribution in [2.45, 2.75) is 33.1 Å². The molecule has 1 aromatic heterocycles. The molecule has 0 atom stereocenters. The van der Waals surface area contributed by atoms with Crippen molar-refractivity contribution in [3.63, 3.8) is 0 Å². The van der Waals surface area contributed by atoms with E-state index in [1.54, 1.807) is 0 Å². The Morgan fingerprint density at radius 2 is 2.05 bits per heavy atom. The van der Waals surface area contributed by atoms with E-state index in [-0.39, 0.29) is 5.69 Å². The molecule has 19 heavy (non-hydrogen) atoms. The Labute approximate surface area is 111 Å². The van der Waals surface area contributed by atoms with Gasteiger partial charge in [0.1, 0.15) is 5.69 Å². The van der Waals surface area contributed by atoms with Gasteiger partial charge in [-0.15, -0.1) is 0 Å². The summed E-state index contributed by atoms with van der Waals surface area (Å²) in [7, 11) is 0. The number of anilines is 1. The molecule has 1 N–H and O–H groups in total. The number of rotatable bonds is 5. The molecule has 1 aromatic carbocycles. The summed E-state index contributed by atoms with van der Waals surface area (Å²) >= 11 is 0. The lowest BCUT2D eigenvalue weighted by molar-refractivity contribution is 0.146. The molecule has 0 aliphatic carbocycles. The van der Waals surface area contributed by atoms with E-state index in [1.165, 1.54) is 6.07 Å². The number of pyridine rings is 1. The van der Waals surface area contributed by atoms with E-state index in [4.69, 9.17) is 0 Å². The first kappa shape index (κ1) is 13.7. The smallest absolute Gasteiger partial charge is 0.280 e. The Balaban J connectivity index is 2.67. The Morgan fingerprint density at radius 1 is 1.26 bits per heavy atom. The van der Waals surface area contributed by atoms with Crippen molar-refractivity contribution in [1.82, 2.24) is 4.98 Å². The zero-order valence-electron chi connectivity index (χ0n) is 11.2. The third kappa shape index (κ3) is 2.83. The minimum absolute atomic E-state index is 0.160. The maximum Gasteiger partial charge on any atom is 0.280 e. The van der Waals surface area contributed by atoms with Gasteiger partial charge in [-0.3, -0.25) is 0 Å². The largest absolute Gasteiger partial charge is 0.385 e. The van der Waals surface area contributed by atoms with Crippen LogP contribution in [-0.4, -0.2) is 11.5 Å². The predicted molar refractivity (Wildman–Crippen MR) is 74.9 cm³/mol. The lowest BCUT2D eigenvalue weighted by atomic mass is 10.0. The minimum Gasteiger partial charge on any atom is -0.385 e. The average Bonchev–Trinajstić information content (AvgIpc) is 2.40. The van der Waals surface area contributed by atoms with E-state index in [9.17, 15) is 8.78 Å². The van der Waals surface area contributed by atoms with Gasteiger partial charge in [-0.05, 0) is 25.0 Å². The summed E-state index contributed by atoms with van der Waals surface area (Å²) in [4.78, 5) is 4.15. The van der Waals surface area contributed by atoms with Gasteiger partial charge in [0.05, 0.1) is 5.52 Å². The van der Waals surface area contributed by atoms with E-state index < -0.39 is 6.43 Å². The quantitative estimate of drug-likeness (QED) is 0.856. The maximum absolute atomic E-state index is 12.9. The van der Waals surface area contributed by atoms with Crippen molar-refractivity contribution in [1.29, 1.82) is 0 Å². The molecule has 1 heterocycles. The molecule has 0 radical (unpaired) electrons. The fourth-order valence-corrected chi connectivity index (χ4v) is 2.25. The number of nitrogens with zero attached hydrogens (tertiary/aromatic N) is 1. The monoisotopic (exact) mass is 264 g/mol. The van der Waals surface area contributed by atoms with Crippen molar-refractivity contribution >= 4 is 16.6 Å². The number of benzene rings is 1. The molecule has 0 bridgehead atoms. The summed E-state index contributed by atoms with van der Waals surface area (Å²) in [6.45, 7) is 4.71. The highest BCUT2D eigenvalue weighted by atomic mass is 19.3. The molecule has 2 rings (SSSR count). The lowest BCUT2D eigenvalue weighted by Gasteiger charge is -2.12. The highest BCUT2D eigenvalue weighted by Crippen LogP contribution is 2.30. The fraction of sp³-hybridized carbons (Fsp3) is 0.400. The first-order chi connectivity index (χ1) is 9.17. The molecule has 0 aliphatic heterocycles. The third-order valence-corrected chi connectivity index (χ3v) is 3.05. The Morgan fingerprint density at radius 3 is 2.68 bits per heavy atom. The van der Waals surface area contributed by atoms with E-state index in [1.807, 2.05) is 25.1 Å². The molecule has 0 spiro atoms. The molecule has 0 fully saturated rings. The predicted octanol–water partition coefficient (Wildman–Crippen LogP) is 4.56. The molecule has 0 saturated carbocycles. The van der Waals surface area contributed by atoms with E-state index in [2.05, 4.69) is 17.2 Å². The number of alkyl halides is 2. The first-order valence-corrected chi connectivity index (χ1v) is 6.62. The Hall–Kier alpha value is -1.71. The number of hydrogen-bond acceptors (Lipinski definition) is 2. The number of halogens is 2. The van der Waals surface area contributed by atoms with Crippen molar-refractivity contribution in [3.8, 4) is 0 Å². The second-order valence-corrected chi connectivity index (χ2v) is 4.49. The Kier molecular flexibility index (Phi) is 4.30. The molecular formula is C15H18F2N2. The summed E-state index contributed by atoms with van der Waals surface area (Å²) in [5.41, 5.74) is 2.30. The van der Waals surface area contributed by atoms with E-state index in [0.717, 1.165) is 29.5 Å². The van der Waals surface area contributed by atoms with Crippen molar-refractivity contribution in [3.05, 3.63) is 35.5 Å². The number of hydrogen-bond donors (Lipinski definition) is 1. The maximum atomic E-state index is 12.9. The minimum atomic E-state index is -2.54. The molecule has 2 aromatic rings. The summed E-state index contributed by atoms with van der Waals surface area (Å²) in [5, 5.41) is 4.06. The zero-order valence-corrected chi connectivity index (χ0v) is 11.2. The lowest BCUT2D eigenvalue weighted by Crippen LogP contribution is -2.02. The summed E-state index contributed by atoms with van der Waals surface area (Å²) < 4.78 is 25.9. The standard InChI is InChI=1S/C15H18F2N2/c1-3-6-10-7-5-8-11-12(18-4-2)9-13(15(16)17)19-14(10)11/h5,7-9,15H,3-4,6H2,1-2H3,(H,18,19). The van der Waals surface area contributed by atoms with Crippen LogP contribution >= 0.6 is 0 Å². The number of fused-ring (bicyclic) bond motifs is 1. The van der Waals surface area contributed by atoms with Gasteiger partial charge in [-0.1, -0.05) is 31.5 Å². The van der Waals surface area contributed by atoms with Crippen LogP contribution in [0.15, 0.2) is 24.3 Å². The SMILES string of the molecule is CCCc1cccc2c(NCC)cc(C(F)F)nc12. The molecule has 102 valence electrons. The van der Waals surface area contributed by atoms with Gasteiger partial charge in [0.15, 0.2) is 0 Å². The first-order valence-electron chi connectivity index (χ1n) is 6.62. The van der Waals surface area contributed by atoms with Crippen molar-refractivity contribution < 1.29 is 8.78 Å². The molecule has 4 heteroatoms. The number of aryl methyl sites for hydroxylation is 1. The highest BCUT2D eigenvalue weighted by Gasteiger charge is 2.14. The van der Waals surface area contributed by atoms with Crippen LogP contribution in [0.4, 0.5) is 14.5 Å². The fourth-order valence-electron chi connectivity index (χ4n) is 2.25. The number of para-hydroxylation sites is 1. The van der Waals surface area contributed by atoms with Gasteiger partial charge in [0.2, 0.25) is 0 Å². The summed E-state index contributed by atoms with van der Waals surface area (Å²) in [6.07, 6.45) is -0.727. The van der Waals surface area contributed by atoms with Crippen LogP contribution < -0.4 is 5.32 Å². The molecular weight excluding hydrogens is 246 g/mol. The topological polar surface area (TPSA) is 24.9 Å². The molecule has 0 aliphatic rings. The van der Waals surface area contributed by atoms with Crippen LogP contribution in [0.2, 0.25) is 0 Å². The van der Waals surface area contributed by atoms with E-state index >= 15 is 0 Å². The summed E-state index contributed by atoms with van der Waals surface area (Å²) in [5.74, 6) is 0. The van der Waals surface area contributed by atoms with Crippen LogP contribution in [0.25, 0.3) is 10.9 Å². The average molecular weight is 264 g/mol. The van der Waals surface area contributed by atoms with Gasteiger partial charge in [0.25, 0.3) is 6.43 Å². The molecule has 0 unspecified atom stereocenters. The zero-order chi connectivity index (χ0) is 13.8.